The van der Waals surface area contributed by atoms with Crippen molar-refractivity contribution in [3.63, 3.8) is 0 Å². The molecule has 0 saturated carbocycles. The predicted molar refractivity (Wildman–Crippen MR) is 84.1 cm³/mol. The first kappa shape index (κ1) is 18.2. The fourth-order valence-electron chi connectivity index (χ4n) is 2.47. The van der Waals surface area contributed by atoms with E-state index in [1.165, 1.54) is 0 Å². The van der Waals surface area contributed by atoms with Crippen LogP contribution in [0.25, 0.3) is 0 Å². The minimum Gasteiger partial charge on any atom is -0.386 e. The normalized spacial score (nSPS) is 28.0. The Morgan fingerprint density at radius 1 is 1.00 bits per heavy atom. The average molecular weight is 314 g/mol. The molecule has 2 aliphatic rings. The molecule has 3 atom stereocenters. The van der Waals surface area contributed by atoms with Gasteiger partial charge < -0.3 is 27.9 Å². The van der Waals surface area contributed by atoms with Gasteiger partial charge in [-0.3, -0.25) is 0 Å². The summed E-state index contributed by atoms with van der Waals surface area (Å²) in [7, 11) is -1.10. The Labute approximate surface area is 134 Å². The molecule has 22 heavy (non-hydrogen) atoms. The summed E-state index contributed by atoms with van der Waals surface area (Å²) >= 11 is 0. The minimum atomic E-state index is -0.555. The Kier molecular flexibility index (Phi) is 8.21. The van der Waals surface area contributed by atoms with Gasteiger partial charge in [-0.2, -0.15) is 0 Å². The molecule has 0 spiro atoms. The van der Waals surface area contributed by atoms with Crippen molar-refractivity contribution in [2.24, 2.45) is 0 Å². The molecule has 6 nitrogen and oxygen atoms in total. The second kappa shape index (κ2) is 9.90. The molecule has 3 unspecified atom stereocenters. The first-order valence-corrected chi connectivity index (χ1v) is 8.52. The van der Waals surface area contributed by atoms with Gasteiger partial charge in [0, 0.05) is 38.1 Å². The first-order chi connectivity index (χ1) is 10.7. The molecule has 8 heteroatoms. The molecule has 0 aromatic carbocycles. The van der Waals surface area contributed by atoms with Crippen LogP contribution in [-0.4, -0.2) is 52.8 Å². The molecule has 2 heterocycles. The molecular formula is C14H28B2O6. The van der Waals surface area contributed by atoms with Gasteiger partial charge in [0.05, 0.1) is 0 Å². The van der Waals surface area contributed by atoms with E-state index < -0.39 is 14.6 Å². The minimum absolute atomic E-state index is 0.00818. The van der Waals surface area contributed by atoms with E-state index in [1.54, 1.807) is 0 Å². The van der Waals surface area contributed by atoms with Gasteiger partial charge >= 0.3 is 14.6 Å². The zero-order chi connectivity index (χ0) is 15.8. The van der Waals surface area contributed by atoms with Crippen LogP contribution in [0.5, 0.6) is 0 Å². The fourth-order valence-corrected chi connectivity index (χ4v) is 2.47. The Morgan fingerprint density at radius 2 is 1.59 bits per heavy atom. The van der Waals surface area contributed by atoms with Crippen LogP contribution in [0.3, 0.4) is 0 Å². The third kappa shape index (κ3) is 6.18. The highest BCUT2D eigenvalue weighted by Crippen LogP contribution is 2.16. The quantitative estimate of drug-likeness (QED) is 0.640. The third-order valence-electron chi connectivity index (χ3n) is 4.03. The first-order valence-electron chi connectivity index (χ1n) is 8.52. The van der Waals surface area contributed by atoms with Gasteiger partial charge in [0.25, 0.3) is 0 Å². The Bertz CT molecular complexity index is 309. The lowest BCUT2D eigenvalue weighted by Crippen LogP contribution is -2.41. The largest absolute Gasteiger partial charge is 0.639 e. The van der Waals surface area contributed by atoms with Gasteiger partial charge in [0.1, 0.15) is 0 Å². The fraction of sp³-hybridized carbons (Fsp3) is 1.00. The van der Waals surface area contributed by atoms with Crippen molar-refractivity contribution in [2.75, 3.05) is 19.8 Å². The maximum absolute atomic E-state index is 5.75. The molecule has 0 aromatic rings. The van der Waals surface area contributed by atoms with Crippen LogP contribution in [0.15, 0.2) is 0 Å². The maximum atomic E-state index is 5.75. The Hall–Kier alpha value is -0.110. The average Bonchev–Trinajstić information content (AvgIpc) is 2.55. The molecule has 0 radical (unpaired) electrons. The summed E-state index contributed by atoms with van der Waals surface area (Å²) in [6, 6.07) is 0. The number of rotatable bonds is 8. The van der Waals surface area contributed by atoms with Crippen LogP contribution >= 0.6 is 0 Å². The van der Waals surface area contributed by atoms with Crippen molar-refractivity contribution >= 4 is 14.6 Å². The number of hydrogen-bond donors (Lipinski definition) is 0. The molecule has 2 saturated heterocycles. The Morgan fingerprint density at radius 3 is 2.23 bits per heavy atom. The molecule has 2 rings (SSSR count). The van der Waals surface area contributed by atoms with Gasteiger partial charge in [-0.25, -0.2) is 0 Å². The van der Waals surface area contributed by atoms with Crippen LogP contribution in [0.2, 0.25) is 0 Å². The summed E-state index contributed by atoms with van der Waals surface area (Å²) in [4.78, 5) is 0. The van der Waals surface area contributed by atoms with Crippen molar-refractivity contribution in [3.8, 4) is 0 Å². The molecule has 0 aliphatic carbocycles. The van der Waals surface area contributed by atoms with Crippen LogP contribution in [0.4, 0.5) is 0 Å². The molecule has 2 fully saturated rings. The molecule has 0 amide bonds. The van der Waals surface area contributed by atoms with Crippen LogP contribution in [0, 0.1) is 0 Å². The lowest BCUT2D eigenvalue weighted by Gasteiger charge is -2.28. The Balaban J connectivity index is 1.58. The van der Waals surface area contributed by atoms with Gasteiger partial charge in [0.2, 0.25) is 0 Å². The molecular weight excluding hydrogens is 286 g/mol. The topological polar surface area (TPSA) is 55.4 Å². The van der Waals surface area contributed by atoms with Crippen LogP contribution in [0.1, 0.15) is 52.9 Å². The maximum Gasteiger partial charge on any atom is 0.639 e. The molecule has 2 aliphatic heterocycles. The van der Waals surface area contributed by atoms with E-state index in [4.69, 9.17) is 27.9 Å². The van der Waals surface area contributed by atoms with E-state index in [0.29, 0.717) is 19.8 Å². The zero-order valence-corrected chi connectivity index (χ0v) is 14.0. The van der Waals surface area contributed by atoms with E-state index in [9.17, 15) is 0 Å². The lowest BCUT2D eigenvalue weighted by molar-refractivity contribution is -0.0188. The second-order valence-electron chi connectivity index (χ2n) is 5.84. The summed E-state index contributed by atoms with van der Waals surface area (Å²) in [6.45, 7) is 8.11. The standard InChI is InChI=1S/C14H28B2O6/c1-4-13-7-10-18-15(21-13)17-9-6-12(3)20-16-19-11-8-14(5-2)22-16/h12-14H,4-11H2,1-3H3. The van der Waals surface area contributed by atoms with E-state index >= 15 is 0 Å². The summed E-state index contributed by atoms with van der Waals surface area (Å²) in [5.41, 5.74) is 0. The van der Waals surface area contributed by atoms with Crippen LogP contribution in [-0.2, 0) is 27.9 Å². The van der Waals surface area contributed by atoms with E-state index in [-0.39, 0.29) is 18.3 Å². The van der Waals surface area contributed by atoms with Gasteiger partial charge in [-0.05, 0) is 39.0 Å². The third-order valence-corrected chi connectivity index (χ3v) is 4.03. The predicted octanol–water partition coefficient (Wildman–Crippen LogP) is 2.20. The van der Waals surface area contributed by atoms with E-state index in [1.807, 2.05) is 6.92 Å². The SMILES string of the molecule is CCC1CCOB(OCCC(C)OB2OCCC(CC)O2)O1. The number of hydrogen-bond acceptors (Lipinski definition) is 6. The lowest BCUT2D eigenvalue weighted by atomic mass is 10.1. The van der Waals surface area contributed by atoms with Crippen molar-refractivity contribution in [2.45, 2.75) is 71.2 Å². The zero-order valence-electron chi connectivity index (χ0n) is 14.0. The highest BCUT2D eigenvalue weighted by molar-refractivity contribution is 6.37. The molecule has 0 N–H and O–H groups in total. The second-order valence-corrected chi connectivity index (χ2v) is 5.84. The van der Waals surface area contributed by atoms with E-state index in [0.717, 1.165) is 32.1 Å². The van der Waals surface area contributed by atoms with Crippen molar-refractivity contribution in [1.82, 2.24) is 0 Å². The van der Waals surface area contributed by atoms with Crippen molar-refractivity contribution in [3.05, 3.63) is 0 Å². The van der Waals surface area contributed by atoms with Gasteiger partial charge in [0.15, 0.2) is 0 Å². The van der Waals surface area contributed by atoms with Gasteiger partial charge in [-0.1, -0.05) is 13.8 Å². The monoisotopic (exact) mass is 314 g/mol. The van der Waals surface area contributed by atoms with E-state index in [2.05, 4.69) is 13.8 Å². The van der Waals surface area contributed by atoms with Crippen molar-refractivity contribution in [1.29, 1.82) is 0 Å². The smallest absolute Gasteiger partial charge is 0.386 e. The highest BCUT2D eigenvalue weighted by atomic mass is 16.8. The summed E-state index contributed by atoms with van der Waals surface area (Å²) in [5, 5.41) is 0. The van der Waals surface area contributed by atoms with Gasteiger partial charge in [-0.15, -0.1) is 0 Å². The molecule has 126 valence electrons. The summed E-state index contributed by atoms with van der Waals surface area (Å²) in [5.74, 6) is 0. The molecule has 0 aromatic heterocycles. The summed E-state index contributed by atoms with van der Waals surface area (Å²) < 4.78 is 33.6. The molecule has 0 bridgehead atoms. The van der Waals surface area contributed by atoms with Crippen LogP contribution < -0.4 is 0 Å². The highest BCUT2D eigenvalue weighted by Gasteiger charge is 2.32. The van der Waals surface area contributed by atoms with Crippen molar-refractivity contribution < 1.29 is 27.9 Å². The summed E-state index contributed by atoms with van der Waals surface area (Å²) in [6.07, 6.45) is 5.03.